The third kappa shape index (κ3) is 3.52. The van der Waals surface area contributed by atoms with Crippen LogP contribution in [0.4, 0.5) is 0 Å². The SMILES string of the molecule is O=C(/C=C/c1ccccc1)CC1CCC=CC1=O. The van der Waals surface area contributed by atoms with Crippen molar-refractivity contribution in [2.45, 2.75) is 19.3 Å². The van der Waals surface area contributed by atoms with Crippen molar-refractivity contribution in [1.29, 1.82) is 0 Å². The van der Waals surface area contributed by atoms with Crippen molar-refractivity contribution in [2.24, 2.45) is 5.92 Å². The minimum atomic E-state index is -0.122. The summed E-state index contributed by atoms with van der Waals surface area (Å²) in [5.74, 6) is -0.0156. The van der Waals surface area contributed by atoms with E-state index in [1.165, 1.54) is 0 Å². The molecule has 18 heavy (non-hydrogen) atoms. The van der Waals surface area contributed by atoms with Crippen molar-refractivity contribution in [3.8, 4) is 0 Å². The Morgan fingerprint density at radius 2 is 2.06 bits per heavy atom. The Morgan fingerprint density at radius 3 is 2.78 bits per heavy atom. The summed E-state index contributed by atoms with van der Waals surface area (Å²) in [6.45, 7) is 0. The van der Waals surface area contributed by atoms with E-state index in [1.807, 2.05) is 36.4 Å². The van der Waals surface area contributed by atoms with Crippen LogP contribution in [0.1, 0.15) is 24.8 Å². The van der Waals surface area contributed by atoms with Crippen LogP contribution in [0.25, 0.3) is 6.08 Å². The standard InChI is InChI=1S/C16H16O2/c17-15(11-10-13-6-2-1-3-7-13)12-14-8-4-5-9-16(14)18/h1-3,5-7,9-11,14H,4,8,12H2/b11-10+. The van der Waals surface area contributed by atoms with E-state index in [1.54, 1.807) is 18.2 Å². The fourth-order valence-electron chi connectivity index (χ4n) is 2.04. The first-order chi connectivity index (χ1) is 8.75. The number of allylic oxidation sites excluding steroid dienone is 3. The molecule has 0 heterocycles. The highest BCUT2D eigenvalue weighted by molar-refractivity contribution is 5.99. The van der Waals surface area contributed by atoms with Crippen LogP contribution in [0.3, 0.4) is 0 Å². The predicted octanol–water partition coefficient (Wildman–Crippen LogP) is 3.19. The highest BCUT2D eigenvalue weighted by Gasteiger charge is 2.20. The Labute approximate surface area is 107 Å². The summed E-state index contributed by atoms with van der Waals surface area (Å²) in [6, 6.07) is 9.68. The molecular weight excluding hydrogens is 224 g/mol. The van der Waals surface area contributed by atoms with E-state index in [4.69, 9.17) is 0 Å². The van der Waals surface area contributed by atoms with Gasteiger partial charge in [-0.2, -0.15) is 0 Å². The van der Waals surface area contributed by atoms with Crippen molar-refractivity contribution in [3.63, 3.8) is 0 Å². The number of ketones is 2. The zero-order valence-electron chi connectivity index (χ0n) is 10.2. The number of hydrogen-bond donors (Lipinski definition) is 0. The van der Waals surface area contributed by atoms with Crippen LogP contribution in [0.2, 0.25) is 0 Å². The molecule has 92 valence electrons. The Balaban J connectivity index is 1.91. The molecule has 0 amide bonds. The molecule has 0 aromatic heterocycles. The Hall–Kier alpha value is -1.96. The monoisotopic (exact) mass is 240 g/mol. The number of rotatable bonds is 4. The van der Waals surface area contributed by atoms with Crippen LogP contribution >= 0.6 is 0 Å². The Morgan fingerprint density at radius 1 is 1.28 bits per heavy atom. The molecule has 2 rings (SSSR count). The third-order valence-electron chi connectivity index (χ3n) is 3.08. The van der Waals surface area contributed by atoms with E-state index in [0.29, 0.717) is 6.42 Å². The maximum atomic E-state index is 11.8. The Bertz CT molecular complexity index is 483. The predicted molar refractivity (Wildman–Crippen MR) is 72.0 cm³/mol. The second-order valence-corrected chi connectivity index (χ2v) is 4.49. The van der Waals surface area contributed by atoms with Gasteiger partial charge in [-0.3, -0.25) is 9.59 Å². The molecule has 1 aromatic rings. The van der Waals surface area contributed by atoms with Crippen LogP contribution in [-0.4, -0.2) is 11.6 Å². The molecule has 0 radical (unpaired) electrons. The second kappa shape index (κ2) is 6.10. The number of carbonyl (C=O) groups is 2. The van der Waals surface area contributed by atoms with Gasteiger partial charge in [-0.05, 0) is 30.6 Å². The molecule has 1 aliphatic rings. The lowest BCUT2D eigenvalue weighted by Crippen LogP contribution is -2.18. The van der Waals surface area contributed by atoms with Gasteiger partial charge in [0.05, 0.1) is 0 Å². The second-order valence-electron chi connectivity index (χ2n) is 4.49. The summed E-state index contributed by atoms with van der Waals surface area (Å²) in [6.07, 6.45) is 8.86. The van der Waals surface area contributed by atoms with Gasteiger partial charge >= 0.3 is 0 Å². The fourth-order valence-corrected chi connectivity index (χ4v) is 2.04. The van der Waals surface area contributed by atoms with Gasteiger partial charge in [-0.1, -0.05) is 42.5 Å². The van der Waals surface area contributed by atoms with Gasteiger partial charge < -0.3 is 0 Å². The molecule has 2 heteroatoms. The van der Waals surface area contributed by atoms with Crippen LogP contribution in [0.15, 0.2) is 48.6 Å². The maximum absolute atomic E-state index is 11.8. The van der Waals surface area contributed by atoms with E-state index >= 15 is 0 Å². The van der Waals surface area contributed by atoms with Crippen molar-refractivity contribution in [2.75, 3.05) is 0 Å². The number of hydrogen-bond acceptors (Lipinski definition) is 2. The fraction of sp³-hybridized carbons (Fsp3) is 0.250. The summed E-state index contributed by atoms with van der Waals surface area (Å²) < 4.78 is 0. The smallest absolute Gasteiger partial charge is 0.158 e. The summed E-state index contributed by atoms with van der Waals surface area (Å²) in [4.78, 5) is 23.3. The molecule has 0 fully saturated rings. The van der Waals surface area contributed by atoms with Gasteiger partial charge in [0.25, 0.3) is 0 Å². The molecule has 2 nitrogen and oxygen atoms in total. The zero-order valence-corrected chi connectivity index (χ0v) is 10.2. The summed E-state index contributed by atoms with van der Waals surface area (Å²) in [7, 11) is 0. The molecule has 0 saturated carbocycles. The van der Waals surface area contributed by atoms with E-state index in [9.17, 15) is 9.59 Å². The van der Waals surface area contributed by atoms with Gasteiger partial charge in [0, 0.05) is 12.3 Å². The van der Waals surface area contributed by atoms with E-state index < -0.39 is 0 Å². The molecule has 0 aliphatic heterocycles. The average molecular weight is 240 g/mol. The van der Waals surface area contributed by atoms with Gasteiger partial charge in [0.2, 0.25) is 0 Å². The minimum Gasteiger partial charge on any atom is -0.295 e. The lowest BCUT2D eigenvalue weighted by molar-refractivity contribution is -0.123. The summed E-state index contributed by atoms with van der Waals surface area (Å²) in [5, 5.41) is 0. The third-order valence-corrected chi connectivity index (χ3v) is 3.08. The normalized spacial score (nSPS) is 19.3. The highest BCUT2D eigenvalue weighted by atomic mass is 16.1. The molecule has 0 spiro atoms. The zero-order chi connectivity index (χ0) is 12.8. The first-order valence-electron chi connectivity index (χ1n) is 6.22. The maximum Gasteiger partial charge on any atom is 0.158 e. The number of benzene rings is 1. The van der Waals surface area contributed by atoms with Crippen molar-refractivity contribution in [3.05, 3.63) is 54.1 Å². The largest absolute Gasteiger partial charge is 0.295 e. The molecule has 1 aromatic carbocycles. The van der Waals surface area contributed by atoms with Crippen molar-refractivity contribution < 1.29 is 9.59 Å². The quantitative estimate of drug-likeness (QED) is 0.757. The highest BCUT2D eigenvalue weighted by Crippen LogP contribution is 2.19. The van der Waals surface area contributed by atoms with Crippen LogP contribution in [0.5, 0.6) is 0 Å². The van der Waals surface area contributed by atoms with Crippen LogP contribution in [0, 0.1) is 5.92 Å². The number of carbonyl (C=O) groups excluding carboxylic acids is 2. The molecule has 1 aliphatic carbocycles. The molecule has 0 saturated heterocycles. The Kier molecular flexibility index (Phi) is 4.24. The average Bonchev–Trinajstić information content (AvgIpc) is 2.40. The van der Waals surface area contributed by atoms with Crippen LogP contribution < -0.4 is 0 Å². The van der Waals surface area contributed by atoms with Gasteiger partial charge in [-0.15, -0.1) is 0 Å². The lowest BCUT2D eigenvalue weighted by atomic mass is 9.88. The first kappa shape index (κ1) is 12.5. The first-order valence-corrected chi connectivity index (χ1v) is 6.22. The molecular formula is C16H16O2. The lowest BCUT2D eigenvalue weighted by Gasteiger charge is -2.14. The topological polar surface area (TPSA) is 34.1 Å². The summed E-state index contributed by atoms with van der Waals surface area (Å²) in [5.41, 5.74) is 1.00. The molecule has 1 unspecified atom stereocenters. The van der Waals surface area contributed by atoms with E-state index in [0.717, 1.165) is 18.4 Å². The molecule has 1 atom stereocenters. The van der Waals surface area contributed by atoms with Crippen LogP contribution in [-0.2, 0) is 9.59 Å². The van der Waals surface area contributed by atoms with Gasteiger partial charge in [-0.25, -0.2) is 0 Å². The minimum absolute atomic E-state index is 0.0208. The van der Waals surface area contributed by atoms with E-state index in [-0.39, 0.29) is 17.5 Å². The van der Waals surface area contributed by atoms with Gasteiger partial charge in [0.15, 0.2) is 11.6 Å². The van der Waals surface area contributed by atoms with Crippen molar-refractivity contribution >= 4 is 17.6 Å². The van der Waals surface area contributed by atoms with Gasteiger partial charge in [0.1, 0.15) is 0 Å². The van der Waals surface area contributed by atoms with Crippen molar-refractivity contribution in [1.82, 2.24) is 0 Å². The molecule has 0 bridgehead atoms. The molecule has 0 N–H and O–H groups in total. The van der Waals surface area contributed by atoms with E-state index in [2.05, 4.69) is 0 Å². The summed E-state index contributed by atoms with van der Waals surface area (Å²) >= 11 is 0.